The van der Waals surface area contributed by atoms with E-state index in [1.807, 2.05) is 6.92 Å². The molecule has 15 heavy (non-hydrogen) atoms. The molecule has 0 aliphatic carbocycles. The Bertz CT molecular complexity index is 444. The summed E-state index contributed by atoms with van der Waals surface area (Å²) in [6, 6.07) is 3.60. The number of hydrogen-bond acceptors (Lipinski definition) is 3. The summed E-state index contributed by atoms with van der Waals surface area (Å²) in [7, 11) is 0. The van der Waals surface area contributed by atoms with Crippen molar-refractivity contribution in [1.82, 2.24) is 20.0 Å². The Morgan fingerprint density at radius 2 is 2.13 bits per heavy atom. The van der Waals surface area contributed by atoms with Gasteiger partial charge >= 0.3 is 0 Å². The van der Waals surface area contributed by atoms with Crippen LogP contribution in [0.2, 0.25) is 5.02 Å². The van der Waals surface area contributed by atoms with Crippen molar-refractivity contribution < 1.29 is 0 Å². The van der Waals surface area contributed by atoms with Gasteiger partial charge in [-0.05, 0) is 19.1 Å². The van der Waals surface area contributed by atoms with E-state index in [4.69, 9.17) is 23.2 Å². The molecule has 0 aromatic carbocycles. The maximum Gasteiger partial charge on any atom is 0.175 e. The number of aryl methyl sites for hydroxylation is 1. The van der Waals surface area contributed by atoms with Gasteiger partial charge in [-0.25, -0.2) is 4.68 Å². The summed E-state index contributed by atoms with van der Waals surface area (Å²) < 4.78 is 1.59. The zero-order chi connectivity index (χ0) is 10.8. The number of alkyl halides is 1. The Hall–Kier alpha value is -1.13. The van der Waals surface area contributed by atoms with E-state index in [2.05, 4.69) is 15.3 Å². The van der Waals surface area contributed by atoms with Crippen molar-refractivity contribution in [3.8, 4) is 5.82 Å². The molecule has 0 bridgehead atoms. The monoisotopic (exact) mass is 242 g/mol. The molecule has 6 heteroatoms. The van der Waals surface area contributed by atoms with Crippen molar-refractivity contribution in [3.05, 3.63) is 34.7 Å². The lowest BCUT2D eigenvalue weighted by molar-refractivity contribution is 0.795. The second-order valence-corrected chi connectivity index (χ2v) is 3.70. The highest BCUT2D eigenvalue weighted by atomic mass is 35.5. The molecule has 0 spiro atoms. The summed E-state index contributed by atoms with van der Waals surface area (Å²) in [5.41, 5.74) is 1.50. The van der Waals surface area contributed by atoms with E-state index in [1.54, 1.807) is 23.0 Å². The fourth-order valence-corrected chi connectivity index (χ4v) is 1.38. The van der Waals surface area contributed by atoms with Gasteiger partial charge in [0.05, 0.1) is 28.5 Å². The molecule has 0 saturated heterocycles. The summed E-state index contributed by atoms with van der Waals surface area (Å²) in [4.78, 5) is 0. The van der Waals surface area contributed by atoms with Gasteiger partial charge in [0.25, 0.3) is 0 Å². The molecule has 0 fully saturated rings. The van der Waals surface area contributed by atoms with Crippen molar-refractivity contribution in [1.29, 1.82) is 0 Å². The number of nitrogens with zero attached hydrogens (tertiary/aromatic N) is 4. The highest BCUT2D eigenvalue weighted by Crippen LogP contribution is 2.14. The van der Waals surface area contributed by atoms with Gasteiger partial charge in [0.1, 0.15) is 0 Å². The maximum absolute atomic E-state index is 5.89. The van der Waals surface area contributed by atoms with Crippen LogP contribution in [0.15, 0.2) is 18.3 Å². The van der Waals surface area contributed by atoms with Crippen LogP contribution in [-0.2, 0) is 5.88 Å². The summed E-state index contributed by atoms with van der Waals surface area (Å²) in [6.45, 7) is 1.83. The van der Waals surface area contributed by atoms with Gasteiger partial charge in [-0.15, -0.1) is 16.7 Å². The number of halogens is 2. The molecule has 0 aliphatic rings. The van der Waals surface area contributed by atoms with Crippen LogP contribution in [0.1, 0.15) is 11.4 Å². The van der Waals surface area contributed by atoms with Gasteiger partial charge in [-0.2, -0.15) is 10.2 Å². The Labute approximate surface area is 96.8 Å². The van der Waals surface area contributed by atoms with E-state index < -0.39 is 0 Å². The predicted molar refractivity (Wildman–Crippen MR) is 58.5 cm³/mol. The molecule has 0 atom stereocenters. The Kier molecular flexibility index (Phi) is 2.88. The Morgan fingerprint density at radius 3 is 2.60 bits per heavy atom. The quantitative estimate of drug-likeness (QED) is 0.760. The molecular formula is C9H8Cl2N4. The molecular weight excluding hydrogens is 235 g/mol. The fourth-order valence-electron chi connectivity index (χ4n) is 1.10. The third kappa shape index (κ3) is 2.11. The summed E-state index contributed by atoms with van der Waals surface area (Å²) in [6.07, 6.45) is 1.70. The molecule has 0 unspecified atom stereocenters. The summed E-state index contributed by atoms with van der Waals surface area (Å²) in [5.74, 6) is 0.977. The molecule has 4 nitrogen and oxygen atoms in total. The molecule has 2 heterocycles. The van der Waals surface area contributed by atoms with Gasteiger partial charge in [-0.3, -0.25) is 0 Å². The second kappa shape index (κ2) is 4.16. The first kappa shape index (κ1) is 10.4. The Balaban J connectivity index is 2.37. The molecule has 0 N–H and O–H groups in total. The van der Waals surface area contributed by atoms with Crippen LogP contribution in [0.25, 0.3) is 5.82 Å². The van der Waals surface area contributed by atoms with Crippen LogP contribution < -0.4 is 0 Å². The lowest BCUT2D eigenvalue weighted by atomic mass is 10.4. The normalized spacial score (nSPS) is 10.6. The van der Waals surface area contributed by atoms with Crippen molar-refractivity contribution in [2.75, 3.05) is 0 Å². The van der Waals surface area contributed by atoms with Crippen LogP contribution in [0.4, 0.5) is 0 Å². The highest BCUT2D eigenvalue weighted by Gasteiger charge is 2.05. The Morgan fingerprint density at radius 1 is 1.33 bits per heavy atom. The minimum atomic E-state index is 0.353. The number of aromatic nitrogens is 4. The van der Waals surface area contributed by atoms with E-state index in [0.717, 1.165) is 11.4 Å². The predicted octanol–water partition coefficient (Wildman–Crippen LogP) is 2.36. The van der Waals surface area contributed by atoms with E-state index in [9.17, 15) is 0 Å². The standard InChI is InChI=1S/C9H8Cl2N4/c1-6-8(11)5-15(14-6)9-3-2-7(4-10)12-13-9/h2-3,5H,4H2,1H3. The third-order valence-corrected chi connectivity index (χ3v) is 2.56. The maximum atomic E-state index is 5.89. The molecule has 78 valence electrons. The molecule has 0 saturated carbocycles. The average Bonchev–Trinajstić information content (AvgIpc) is 2.59. The molecule has 2 aromatic heterocycles. The summed E-state index contributed by atoms with van der Waals surface area (Å²) >= 11 is 11.5. The first-order chi connectivity index (χ1) is 7.20. The zero-order valence-corrected chi connectivity index (χ0v) is 9.50. The second-order valence-electron chi connectivity index (χ2n) is 3.02. The molecule has 0 amide bonds. The SMILES string of the molecule is Cc1nn(-c2ccc(CCl)nn2)cc1Cl. The number of rotatable bonds is 2. The summed E-state index contributed by atoms with van der Waals surface area (Å²) in [5, 5.41) is 12.7. The smallest absolute Gasteiger partial charge is 0.175 e. The van der Waals surface area contributed by atoms with E-state index >= 15 is 0 Å². The van der Waals surface area contributed by atoms with Crippen LogP contribution in [0, 0.1) is 6.92 Å². The van der Waals surface area contributed by atoms with Crippen molar-refractivity contribution in [3.63, 3.8) is 0 Å². The van der Waals surface area contributed by atoms with E-state index in [-0.39, 0.29) is 0 Å². The van der Waals surface area contributed by atoms with Crippen molar-refractivity contribution in [2.24, 2.45) is 0 Å². The zero-order valence-electron chi connectivity index (χ0n) is 7.98. The van der Waals surface area contributed by atoms with E-state index in [1.165, 1.54) is 0 Å². The van der Waals surface area contributed by atoms with Crippen LogP contribution in [-0.4, -0.2) is 20.0 Å². The largest absolute Gasteiger partial charge is 0.219 e. The van der Waals surface area contributed by atoms with Crippen LogP contribution in [0.3, 0.4) is 0 Å². The van der Waals surface area contributed by atoms with Gasteiger partial charge in [-0.1, -0.05) is 11.6 Å². The van der Waals surface area contributed by atoms with Gasteiger partial charge < -0.3 is 0 Å². The van der Waals surface area contributed by atoms with Crippen molar-refractivity contribution >= 4 is 23.2 Å². The third-order valence-electron chi connectivity index (χ3n) is 1.92. The molecule has 2 rings (SSSR count). The highest BCUT2D eigenvalue weighted by molar-refractivity contribution is 6.31. The average molecular weight is 243 g/mol. The van der Waals surface area contributed by atoms with Crippen molar-refractivity contribution in [2.45, 2.75) is 12.8 Å². The van der Waals surface area contributed by atoms with Crippen LogP contribution >= 0.6 is 23.2 Å². The lowest BCUT2D eigenvalue weighted by Gasteiger charge is -1.98. The first-order valence-electron chi connectivity index (χ1n) is 4.31. The van der Waals surface area contributed by atoms with Gasteiger partial charge in [0, 0.05) is 0 Å². The molecule has 0 radical (unpaired) electrons. The lowest BCUT2D eigenvalue weighted by Crippen LogP contribution is -2.01. The van der Waals surface area contributed by atoms with Gasteiger partial charge in [0.15, 0.2) is 5.82 Å². The minimum Gasteiger partial charge on any atom is -0.219 e. The fraction of sp³-hybridized carbons (Fsp3) is 0.222. The minimum absolute atomic E-state index is 0.353. The van der Waals surface area contributed by atoms with Gasteiger partial charge in [0.2, 0.25) is 0 Å². The molecule has 2 aromatic rings. The number of hydrogen-bond donors (Lipinski definition) is 0. The van der Waals surface area contributed by atoms with Crippen LogP contribution in [0.5, 0.6) is 0 Å². The molecule has 0 aliphatic heterocycles. The van der Waals surface area contributed by atoms with E-state index in [0.29, 0.717) is 16.7 Å². The first-order valence-corrected chi connectivity index (χ1v) is 5.22. The topological polar surface area (TPSA) is 43.6 Å².